The van der Waals surface area contributed by atoms with Crippen molar-refractivity contribution in [3.8, 4) is 16.9 Å². The Kier molecular flexibility index (Phi) is 5.44. The molecule has 1 aliphatic rings. The number of halogens is 1. The number of hydrogen-bond acceptors (Lipinski definition) is 3. The predicted molar refractivity (Wildman–Crippen MR) is 128 cm³/mol. The van der Waals surface area contributed by atoms with Gasteiger partial charge in [0.05, 0.1) is 11.1 Å². The summed E-state index contributed by atoms with van der Waals surface area (Å²) < 4.78 is 15.7. The molecule has 168 valence electrons. The number of likely N-dealkylation sites (tertiary alicyclic amines) is 1. The van der Waals surface area contributed by atoms with Crippen molar-refractivity contribution in [1.29, 1.82) is 0 Å². The molecule has 1 aliphatic heterocycles. The van der Waals surface area contributed by atoms with Crippen molar-refractivity contribution in [2.75, 3.05) is 13.1 Å². The van der Waals surface area contributed by atoms with E-state index in [0.717, 1.165) is 41.7 Å². The number of benzene rings is 2. The normalized spacial score (nSPS) is 18.6. The average molecular weight is 443 g/mol. The minimum Gasteiger partial charge on any atom is -0.337 e. The lowest BCUT2D eigenvalue weighted by Crippen LogP contribution is -2.42. The van der Waals surface area contributed by atoms with Crippen LogP contribution in [0.4, 0.5) is 4.39 Å². The van der Waals surface area contributed by atoms with Gasteiger partial charge in [-0.1, -0.05) is 50.2 Å². The number of aryl methyl sites for hydroxylation is 1. The minimum atomic E-state index is -0.349. The zero-order valence-corrected chi connectivity index (χ0v) is 19.1. The number of carbonyl (C=O) groups excluding carboxylic acids is 1. The van der Waals surface area contributed by atoms with Gasteiger partial charge >= 0.3 is 0 Å². The fourth-order valence-corrected chi connectivity index (χ4v) is 4.99. The first kappa shape index (κ1) is 21.3. The Labute approximate surface area is 192 Å². The van der Waals surface area contributed by atoms with E-state index >= 15 is 0 Å². The van der Waals surface area contributed by atoms with Gasteiger partial charge < -0.3 is 4.90 Å². The molecular formula is C27H27FN4O. The van der Waals surface area contributed by atoms with Crippen LogP contribution in [0.3, 0.4) is 0 Å². The lowest BCUT2D eigenvalue weighted by molar-refractivity contribution is 0.0617. The van der Waals surface area contributed by atoms with Crippen LogP contribution in [-0.2, 0) is 0 Å². The second-order valence-electron chi connectivity index (χ2n) is 9.29. The molecule has 2 aromatic heterocycles. The maximum atomic E-state index is 14.1. The lowest BCUT2D eigenvalue weighted by atomic mass is 9.91. The summed E-state index contributed by atoms with van der Waals surface area (Å²) in [5.74, 6) is 0.513. The standard InChI is InChI=1S/C27H27FN4O/c1-17-12-18(2)16-31(15-17)27(33)23-13-19(3)24-25(20-8-5-4-6-9-20)30-32(26(24)29-23)22-11-7-10-21(28)14-22/h4-11,13-14,17-18H,12,15-16H2,1-3H3/t17-,18-/m0/s1. The molecule has 2 atom stereocenters. The van der Waals surface area contributed by atoms with Gasteiger partial charge in [-0.15, -0.1) is 0 Å². The van der Waals surface area contributed by atoms with Gasteiger partial charge in [-0.25, -0.2) is 14.1 Å². The first-order valence-electron chi connectivity index (χ1n) is 11.4. The topological polar surface area (TPSA) is 51.0 Å². The second-order valence-corrected chi connectivity index (χ2v) is 9.29. The summed E-state index contributed by atoms with van der Waals surface area (Å²) >= 11 is 0. The molecule has 6 heteroatoms. The van der Waals surface area contributed by atoms with Crippen LogP contribution in [0.1, 0.15) is 36.3 Å². The Balaban J connectivity index is 1.69. The number of fused-ring (bicyclic) bond motifs is 1. The van der Waals surface area contributed by atoms with Crippen LogP contribution in [0.5, 0.6) is 0 Å². The highest BCUT2D eigenvalue weighted by molar-refractivity contribution is 5.99. The van der Waals surface area contributed by atoms with Crippen LogP contribution in [-0.4, -0.2) is 38.7 Å². The van der Waals surface area contributed by atoms with E-state index in [1.54, 1.807) is 16.8 Å². The third-order valence-corrected chi connectivity index (χ3v) is 6.31. The highest BCUT2D eigenvalue weighted by Gasteiger charge is 2.28. The summed E-state index contributed by atoms with van der Waals surface area (Å²) in [7, 11) is 0. The van der Waals surface area contributed by atoms with E-state index in [1.165, 1.54) is 12.1 Å². The molecule has 5 nitrogen and oxygen atoms in total. The average Bonchev–Trinajstić information content (AvgIpc) is 3.19. The van der Waals surface area contributed by atoms with Gasteiger partial charge in [0.15, 0.2) is 5.65 Å². The first-order chi connectivity index (χ1) is 15.9. The van der Waals surface area contributed by atoms with E-state index < -0.39 is 0 Å². The molecule has 0 radical (unpaired) electrons. The maximum absolute atomic E-state index is 14.1. The summed E-state index contributed by atoms with van der Waals surface area (Å²) in [4.78, 5) is 20.1. The largest absolute Gasteiger partial charge is 0.337 e. The van der Waals surface area contributed by atoms with Crippen molar-refractivity contribution in [2.45, 2.75) is 27.2 Å². The van der Waals surface area contributed by atoms with Crippen LogP contribution < -0.4 is 0 Å². The zero-order chi connectivity index (χ0) is 23.1. The number of carbonyl (C=O) groups is 1. The van der Waals surface area contributed by atoms with Crippen molar-refractivity contribution in [3.05, 3.63) is 77.7 Å². The Bertz CT molecular complexity index is 1320. The van der Waals surface area contributed by atoms with Gasteiger partial charge in [0.1, 0.15) is 17.2 Å². The summed E-state index contributed by atoms with van der Waals surface area (Å²) in [6, 6.07) is 18.0. The number of aromatic nitrogens is 3. The molecule has 0 bridgehead atoms. The zero-order valence-electron chi connectivity index (χ0n) is 19.1. The van der Waals surface area contributed by atoms with Gasteiger partial charge in [0.2, 0.25) is 0 Å². The smallest absolute Gasteiger partial charge is 0.272 e. The van der Waals surface area contributed by atoms with Gasteiger partial charge in [0.25, 0.3) is 5.91 Å². The van der Waals surface area contributed by atoms with Crippen LogP contribution in [0.15, 0.2) is 60.7 Å². The molecule has 3 heterocycles. The summed E-state index contributed by atoms with van der Waals surface area (Å²) in [5, 5.41) is 5.69. The van der Waals surface area contributed by atoms with Crippen LogP contribution in [0.2, 0.25) is 0 Å². The molecule has 1 fully saturated rings. The number of rotatable bonds is 3. The molecule has 4 aromatic rings. The molecule has 1 amide bonds. The SMILES string of the molecule is Cc1cc(C(=O)N2C[C@@H](C)C[C@H](C)C2)nc2c1c(-c1ccccc1)nn2-c1cccc(F)c1. The van der Waals surface area contributed by atoms with Gasteiger partial charge in [-0.2, -0.15) is 5.10 Å². The third kappa shape index (κ3) is 4.01. The number of hydrogen-bond donors (Lipinski definition) is 0. The van der Waals surface area contributed by atoms with Crippen molar-refractivity contribution in [1.82, 2.24) is 19.7 Å². The number of nitrogens with zero attached hydrogens (tertiary/aromatic N) is 4. The van der Waals surface area contributed by atoms with Gasteiger partial charge in [-0.3, -0.25) is 4.79 Å². The molecule has 2 aromatic carbocycles. The van der Waals surface area contributed by atoms with E-state index in [9.17, 15) is 9.18 Å². The van der Waals surface area contributed by atoms with E-state index in [4.69, 9.17) is 10.1 Å². The molecule has 5 rings (SSSR count). The number of amides is 1. The van der Waals surface area contributed by atoms with E-state index in [-0.39, 0.29) is 11.7 Å². The van der Waals surface area contributed by atoms with Crippen LogP contribution >= 0.6 is 0 Å². The van der Waals surface area contributed by atoms with Crippen molar-refractivity contribution >= 4 is 16.9 Å². The fourth-order valence-electron chi connectivity index (χ4n) is 4.99. The number of pyridine rings is 1. The molecule has 0 spiro atoms. The second kappa shape index (κ2) is 8.43. The lowest BCUT2D eigenvalue weighted by Gasteiger charge is -2.34. The van der Waals surface area contributed by atoms with E-state index in [0.29, 0.717) is 28.9 Å². The van der Waals surface area contributed by atoms with Gasteiger partial charge in [0, 0.05) is 18.7 Å². The quantitative estimate of drug-likeness (QED) is 0.412. The maximum Gasteiger partial charge on any atom is 0.272 e. The highest BCUT2D eigenvalue weighted by Crippen LogP contribution is 2.32. The Morgan fingerprint density at radius 2 is 1.73 bits per heavy atom. The molecular weight excluding hydrogens is 415 g/mol. The van der Waals surface area contributed by atoms with Crippen LogP contribution in [0, 0.1) is 24.6 Å². The fraction of sp³-hybridized carbons (Fsp3) is 0.296. The molecule has 0 unspecified atom stereocenters. The monoisotopic (exact) mass is 442 g/mol. The van der Waals surface area contributed by atoms with E-state index in [1.807, 2.05) is 48.2 Å². The van der Waals surface area contributed by atoms with Crippen molar-refractivity contribution in [2.24, 2.45) is 11.8 Å². The Morgan fingerprint density at radius 3 is 2.42 bits per heavy atom. The molecule has 33 heavy (non-hydrogen) atoms. The summed E-state index contributed by atoms with van der Waals surface area (Å²) in [5.41, 5.74) is 4.15. The minimum absolute atomic E-state index is 0.0633. The van der Waals surface area contributed by atoms with Crippen LogP contribution in [0.25, 0.3) is 28.0 Å². The van der Waals surface area contributed by atoms with E-state index in [2.05, 4.69) is 13.8 Å². The molecule has 1 saturated heterocycles. The first-order valence-corrected chi connectivity index (χ1v) is 11.4. The Morgan fingerprint density at radius 1 is 1.00 bits per heavy atom. The van der Waals surface area contributed by atoms with Crippen molar-refractivity contribution in [3.63, 3.8) is 0 Å². The highest BCUT2D eigenvalue weighted by atomic mass is 19.1. The van der Waals surface area contributed by atoms with Crippen molar-refractivity contribution < 1.29 is 9.18 Å². The molecule has 0 N–H and O–H groups in total. The summed E-state index contributed by atoms with van der Waals surface area (Å²) in [6.45, 7) is 7.82. The molecule has 0 saturated carbocycles. The molecule has 0 aliphatic carbocycles. The summed E-state index contributed by atoms with van der Waals surface area (Å²) in [6.07, 6.45) is 1.13. The predicted octanol–water partition coefficient (Wildman–Crippen LogP) is 5.65. The van der Waals surface area contributed by atoms with Gasteiger partial charge in [-0.05, 0) is 55.0 Å². The Hall–Kier alpha value is -3.54. The number of piperidine rings is 1. The third-order valence-electron chi connectivity index (χ3n) is 6.31.